The topological polar surface area (TPSA) is 48.1 Å². The van der Waals surface area contributed by atoms with Gasteiger partial charge in [0.25, 0.3) is 0 Å². The fraction of sp³-hybridized carbons (Fsp3) is 0.667. The van der Waals surface area contributed by atoms with Gasteiger partial charge in [-0.2, -0.15) is 0 Å². The molecule has 1 aliphatic carbocycles. The zero-order valence-corrected chi connectivity index (χ0v) is 11.1. The number of hydrogen-bond acceptors (Lipinski definition) is 3. The molecule has 2 fully saturated rings. The fourth-order valence-corrected chi connectivity index (χ4v) is 3.28. The molecule has 3 heteroatoms. The normalized spacial score (nSPS) is 27.8. The maximum Gasteiger partial charge on any atom is 0.0686 e. The van der Waals surface area contributed by atoms with E-state index in [1.54, 1.807) is 0 Å². The first-order chi connectivity index (χ1) is 8.69. The van der Waals surface area contributed by atoms with Crippen LogP contribution >= 0.6 is 0 Å². The summed E-state index contributed by atoms with van der Waals surface area (Å²) in [6.07, 6.45) is 5.93. The van der Waals surface area contributed by atoms with Gasteiger partial charge < -0.3 is 10.5 Å². The third kappa shape index (κ3) is 2.17. The van der Waals surface area contributed by atoms with E-state index >= 15 is 0 Å². The summed E-state index contributed by atoms with van der Waals surface area (Å²) in [6, 6.07) is 6.19. The average Bonchev–Trinajstić information content (AvgIpc) is 2.36. The average molecular weight is 246 g/mol. The molecule has 1 aromatic rings. The molecule has 0 bridgehead atoms. The van der Waals surface area contributed by atoms with E-state index in [2.05, 4.69) is 17.1 Å². The SMILES string of the molecule is Cc1cccc(C(N)C2CCOC3(CCC3)C2)n1. The first-order valence-corrected chi connectivity index (χ1v) is 7.02. The second kappa shape index (κ2) is 4.63. The molecule has 0 aromatic carbocycles. The number of pyridine rings is 1. The minimum absolute atomic E-state index is 0.0614. The van der Waals surface area contributed by atoms with E-state index in [1.165, 1.54) is 19.3 Å². The van der Waals surface area contributed by atoms with Gasteiger partial charge in [0.05, 0.1) is 17.3 Å². The second-order valence-corrected chi connectivity index (χ2v) is 5.87. The van der Waals surface area contributed by atoms with Gasteiger partial charge in [-0.15, -0.1) is 0 Å². The van der Waals surface area contributed by atoms with Gasteiger partial charge in [0, 0.05) is 12.3 Å². The Morgan fingerprint density at radius 2 is 2.28 bits per heavy atom. The number of hydrogen-bond donors (Lipinski definition) is 1. The summed E-state index contributed by atoms with van der Waals surface area (Å²) in [5, 5.41) is 0. The molecule has 3 rings (SSSR count). The molecule has 2 atom stereocenters. The summed E-state index contributed by atoms with van der Waals surface area (Å²) in [7, 11) is 0. The predicted molar refractivity (Wildman–Crippen MR) is 71.2 cm³/mol. The Morgan fingerprint density at radius 1 is 1.44 bits per heavy atom. The summed E-state index contributed by atoms with van der Waals surface area (Å²) in [5.41, 5.74) is 8.68. The molecule has 2 heterocycles. The Balaban J connectivity index is 1.73. The highest BCUT2D eigenvalue weighted by Crippen LogP contribution is 2.46. The van der Waals surface area contributed by atoms with Gasteiger partial charge in [-0.25, -0.2) is 0 Å². The fourth-order valence-electron chi connectivity index (χ4n) is 3.28. The summed E-state index contributed by atoms with van der Waals surface area (Å²) in [6.45, 7) is 2.89. The lowest BCUT2D eigenvalue weighted by molar-refractivity contribution is -0.146. The molecule has 2 unspecified atom stereocenters. The molecule has 2 aliphatic rings. The van der Waals surface area contributed by atoms with Crippen LogP contribution in [0, 0.1) is 12.8 Å². The van der Waals surface area contributed by atoms with Crippen LogP contribution in [-0.4, -0.2) is 17.2 Å². The van der Waals surface area contributed by atoms with E-state index in [0.717, 1.165) is 30.8 Å². The van der Waals surface area contributed by atoms with Crippen molar-refractivity contribution >= 4 is 0 Å². The van der Waals surface area contributed by atoms with Crippen molar-refractivity contribution in [1.82, 2.24) is 4.98 Å². The van der Waals surface area contributed by atoms with E-state index in [4.69, 9.17) is 10.5 Å². The van der Waals surface area contributed by atoms with Crippen molar-refractivity contribution in [2.24, 2.45) is 11.7 Å². The smallest absolute Gasteiger partial charge is 0.0686 e. The third-order valence-corrected chi connectivity index (χ3v) is 4.56. The first kappa shape index (κ1) is 12.1. The summed E-state index contributed by atoms with van der Waals surface area (Å²) in [4.78, 5) is 4.57. The number of ether oxygens (including phenoxy) is 1. The van der Waals surface area contributed by atoms with Crippen molar-refractivity contribution in [2.75, 3.05) is 6.61 Å². The Labute approximate surface area is 109 Å². The van der Waals surface area contributed by atoms with E-state index in [0.29, 0.717) is 5.92 Å². The molecule has 1 spiro atoms. The minimum Gasteiger partial charge on any atom is -0.375 e. The number of rotatable bonds is 2. The Hall–Kier alpha value is -0.930. The van der Waals surface area contributed by atoms with Gasteiger partial charge in [-0.3, -0.25) is 4.98 Å². The zero-order valence-electron chi connectivity index (χ0n) is 11.1. The lowest BCUT2D eigenvalue weighted by Gasteiger charge is -2.48. The monoisotopic (exact) mass is 246 g/mol. The maximum absolute atomic E-state index is 6.42. The van der Waals surface area contributed by atoms with Crippen LogP contribution in [0.5, 0.6) is 0 Å². The van der Waals surface area contributed by atoms with Crippen molar-refractivity contribution < 1.29 is 4.74 Å². The summed E-state index contributed by atoms with van der Waals surface area (Å²) in [5.74, 6) is 0.522. The standard InChI is InChI=1S/C15H22N2O/c1-11-4-2-5-13(17-11)14(16)12-6-9-18-15(10-12)7-3-8-15/h2,4-5,12,14H,3,6-10,16H2,1H3. The van der Waals surface area contributed by atoms with Crippen molar-refractivity contribution in [3.63, 3.8) is 0 Å². The van der Waals surface area contributed by atoms with Crippen LogP contribution in [0.4, 0.5) is 0 Å². The van der Waals surface area contributed by atoms with Crippen LogP contribution in [-0.2, 0) is 4.74 Å². The summed E-state index contributed by atoms with van der Waals surface area (Å²) >= 11 is 0. The van der Waals surface area contributed by atoms with Crippen molar-refractivity contribution in [3.8, 4) is 0 Å². The quantitative estimate of drug-likeness (QED) is 0.873. The highest BCUT2D eigenvalue weighted by molar-refractivity contribution is 5.14. The lowest BCUT2D eigenvalue weighted by atomic mass is 9.70. The minimum atomic E-state index is 0.0614. The van der Waals surface area contributed by atoms with Gasteiger partial charge in [0.15, 0.2) is 0 Å². The van der Waals surface area contributed by atoms with Crippen LogP contribution in [0.1, 0.15) is 49.5 Å². The second-order valence-electron chi connectivity index (χ2n) is 5.87. The highest BCUT2D eigenvalue weighted by Gasteiger charge is 2.44. The largest absolute Gasteiger partial charge is 0.375 e. The van der Waals surface area contributed by atoms with E-state index in [9.17, 15) is 0 Å². The molecule has 98 valence electrons. The summed E-state index contributed by atoms with van der Waals surface area (Å²) < 4.78 is 5.97. The molecule has 0 amide bonds. The number of nitrogens with zero attached hydrogens (tertiary/aromatic N) is 1. The number of aryl methyl sites for hydroxylation is 1. The van der Waals surface area contributed by atoms with Crippen molar-refractivity contribution in [1.29, 1.82) is 0 Å². The molecular formula is C15H22N2O. The lowest BCUT2D eigenvalue weighted by Crippen LogP contribution is -2.47. The van der Waals surface area contributed by atoms with Crippen LogP contribution in [0.2, 0.25) is 0 Å². The van der Waals surface area contributed by atoms with E-state index in [1.807, 2.05) is 13.0 Å². The number of nitrogens with two attached hydrogens (primary N) is 1. The first-order valence-electron chi connectivity index (χ1n) is 7.02. The Kier molecular flexibility index (Phi) is 3.12. The van der Waals surface area contributed by atoms with Crippen molar-refractivity contribution in [3.05, 3.63) is 29.6 Å². The molecule has 1 saturated heterocycles. The zero-order chi connectivity index (χ0) is 12.6. The molecule has 18 heavy (non-hydrogen) atoms. The molecule has 1 aliphatic heterocycles. The molecule has 3 nitrogen and oxygen atoms in total. The molecule has 1 saturated carbocycles. The number of aromatic nitrogens is 1. The van der Waals surface area contributed by atoms with Crippen LogP contribution in [0.3, 0.4) is 0 Å². The van der Waals surface area contributed by atoms with Gasteiger partial charge in [-0.05, 0) is 57.1 Å². The van der Waals surface area contributed by atoms with Gasteiger partial charge in [0.1, 0.15) is 0 Å². The highest BCUT2D eigenvalue weighted by atomic mass is 16.5. The molecular weight excluding hydrogens is 224 g/mol. The van der Waals surface area contributed by atoms with Crippen LogP contribution in [0.15, 0.2) is 18.2 Å². The molecule has 0 radical (unpaired) electrons. The van der Waals surface area contributed by atoms with Crippen molar-refractivity contribution in [2.45, 2.75) is 50.7 Å². The third-order valence-electron chi connectivity index (χ3n) is 4.56. The van der Waals surface area contributed by atoms with Gasteiger partial charge >= 0.3 is 0 Å². The van der Waals surface area contributed by atoms with Gasteiger partial charge in [-0.1, -0.05) is 6.07 Å². The molecule has 1 aromatic heterocycles. The Bertz CT molecular complexity index is 428. The Morgan fingerprint density at radius 3 is 2.94 bits per heavy atom. The van der Waals surface area contributed by atoms with Crippen LogP contribution in [0.25, 0.3) is 0 Å². The van der Waals surface area contributed by atoms with E-state index in [-0.39, 0.29) is 11.6 Å². The van der Waals surface area contributed by atoms with Crippen LogP contribution < -0.4 is 5.73 Å². The van der Waals surface area contributed by atoms with E-state index < -0.39 is 0 Å². The van der Waals surface area contributed by atoms with Gasteiger partial charge in [0.2, 0.25) is 0 Å². The predicted octanol–water partition coefficient (Wildman–Crippen LogP) is 2.74. The molecule has 2 N–H and O–H groups in total. The maximum atomic E-state index is 6.42.